The van der Waals surface area contributed by atoms with E-state index >= 15 is 0 Å². The maximum atomic E-state index is 13.1. The Labute approximate surface area is 222 Å². The van der Waals surface area contributed by atoms with E-state index in [1.54, 1.807) is 23.0 Å². The summed E-state index contributed by atoms with van der Waals surface area (Å²) in [6.07, 6.45) is 3.08. The highest BCUT2D eigenvalue weighted by Gasteiger charge is 2.21. The molecule has 3 heterocycles. The van der Waals surface area contributed by atoms with Gasteiger partial charge in [0.15, 0.2) is 5.52 Å². The number of nitrogens with one attached hydrogen (secondary N) is 1. The second-order valence-corrected chi connectivity index (χ2v) is 10.6. The zero-order chi connectivity index (χ0) is 27.6. The average Bonchev–Trinajstić information content (AvgIpc) is 3.24. The summed E-state index contributed by atoms with van der Waals surface area (Å²) in [6, 6.07) is 7.19. The van der Waals surface area contributed by atoms with Crippen LogP contribution in [0.1, 0.15) is 42.4 Å². The Morgan fingerprint density at radius 3 is 2.53 bits per heavy atom. The zero-order valence-electron chi connectivity index (χ0n) is 23.3. The number of nitrogens with zero attached hydrogens (tertiary/aromatic N) is 8. The molecule has 0 bridgehead atoms. The monoisotopic (exact) mass is 517 g/mol. The lowest BCUT2D eigenvalue weighted by Gasteiger charge is -2.19. The molecule has 0 fully saturated rings. The van der Waals surface area contributed by atoms with Crippen molar-refractivity contribution in [3.63, 3.8) is 0 Å². The van der Waals surface area contributed by atoms with Crippen LogP contribution >= 0.6 is 0 Å². The van der Waals surface area contributed by atoms with Crippen molar-refractivity contribution in [1.82, 2.24) is 34.6 Å². The maximum Gasteiger partial charge on any atom is 0.256 e. The Balaban J connectivity index is 1.59. The molecule has 4 aromatic rings. The number of benzene rings is 1. The molecule has 0 aliphatic heterocycles. The first kappa shape index (κ1) is 26.9. The first-order chi connectivity index (χ1) is 17.9. The van der Waals surface area contributed by atoms with Crippen molar-refractivity contribution in [2.24, 2.45) is 7.05 Å². The third kappa shape index (κ3) is 6.05. The molecule has 0 aliphatic rings. The Morgan fingerprint density at radius 2 is 1.84 bits per heavy atom. The minimum absolute atomic E-state index is 0.128. The van der Waals surface area contributed by atoms with Gasteiger partial charge in [-0.3, -0.25) is 9.48 Å². The SMILES string of the molecule is Cc1ccc(C(=O)Nc2cc(C(C)(C)C)nn2C)cc1Oc1ncnc2cnc(N(C)CCN(C)C)nc12. The van der Waals surface area contributed by atoms with Gasteiger partial charge in [0.05, 0.1) is 11.9 Å². The summed E-state index contributed by atoms with van der Waals surface area (Å²) >= 11 is 0. The number of fused-ring (bicyclic) bond motifs is 1. The Hall–Kier alpha value is -4.12. The zero-order valence-corrected chi connectivity index (χ0v) is 23.3. The highest BCUT2D eigenvalue weighted by Crippen LogP contribution is 2.30. The molecule has 0 spiro atoms. The van der Waals surface area contributed by atoms with Gasteiger partial charge in [0.2, 0.25) is 11.8 Å². The summed E-state index contributed by atoms with van der Waals surface area (Å²) in [5.74, 6) is 1.70. The molecule has 0 saturated carbocycles. The van der Waals surface area contributed by atoms with E-state index in [0.29, 0.717) is 40.0 Å². The van der Waals surface area contributed by atoms with Gasteiger partial charge in [-0.15, -0.1) is 0 Å². The number of rotatable bonds is 8. The molecule has 3 aromatic heterocycles. The minimum atomic E-state index is -0.266. The number of aryl methyl sites for hydroxylation is 2. The summed E-state index contributed by atoms with van der Waals surface area (Å²) < 4.78 is 7.87. The van der Waals surface area contributed by atoms with Gasteiger partial charge < -0.3 is 19.9 Å². The number of anilines is 2. The molecule has 38 heavy (non-hydrogen) atoms. The smallest absolute Gasteiger partial charge is 0.256 e. The van der Waals surface area contributed by atoms with Crippen molar-refractivity contribution in [2.45, 2.75) is 33.1 Å². The van der Waals surface area contributed by atoms with E-state index in [1.165, 1.54) is 6.33 Å². The van der Waals surface area contributed by atoms with Crippen LogP contribution in [0, 0.1) is 6.92 Å². The van der Waals surface area contributed by atoms with Gasteiger partial charge in [0, 0.05) is 44.2 Å². The fraction of sp³-hybridized carbons (Fsp3) is 0.407. The molecule has 1 aromatic carbocycles. The third-order valence-electron chi connectivity index (χ3n) is 6.10. The Kier molecular flexibility index (Phi) is 7.58. The molecule has 0 saturated heterocycles. The van der Waals surface area contributed by atoms with Gasteiger partial charge in [-0.2, -0.15) is 10.1 Å². The van der Waals surface area contributed by atoms with E-state index in [4.69, 9.17) is 4.74 Å². The first-order valence-electron chi connectivity index (χ1n) is 12.4. The van der Waals surface area contributed by atoms with Crippen molar-refractivity contribution in [2.75, 3.05) is 44.4 Å². The van der Waals surface area contributed by atoms with Crippen LogP contribution in [0.15, 0.2) is 36.8 Å². The molecule has 1 N–H and O–H groups in total. The second kappa shape index (κ2) is 10.7. The quantitative estimate of drug-likeness (QED) is 0.373. The van der Waals surface area contributed by atoms with Gasteiger partial charge >= 0.3 is 0 Å². The van der Waals surface area contributed by atoms with Gasteiger partial charge in [-0.25, -0.2) is 15.0 Å². The van der Waals surface area contributed by atoms with Crippen LogP contribution in [-0.2, 0) is 12.5 Å². The number of carbonyl (C=O) groups excluding carboxylic acids is 1. The van der Waals surface area contributed by atoms with Crippen molar-refractivity contribution in [3.8, 4) is 11.6 Å². The van der Waals surface area contributed by atoms with Crippen LogP contribution in [0.2, 0.25) is 0 Å². The average molecular weight is 518 g/mol. The first-order valence-corrected chi connectivity index (χ1v) is 12.4. The lowest BCUT2D eigenvalue weighted by Crippen LogP contribution is -2.29. The molecule has 200 valence electrons. The molecular formula is C27H35N9O2. The fourth-order valence-corrected chi connectivity index (χ4v) is 3.63. The van der Waals surface area contributed by atoms with Gasteiger partial charge in [0.1, 0.15) is 23.4 Å². The Bertz CT molecular complexity index is 1460. The standard InChI is InChI=1S/C27H35N9O2/c1-17-9-10-18(24(37)31-22-14-21(27(2,3)4)33-36(22)8)13-20(17)38-25-23-19(29-16-30-25)15-28-26(32-23)35(7)12-11-34(5)6/h9-10,13-16H,11-12H2,1-8H3,(H,31,37). The fourth-order valence-electron chi connectivity index (χ4n) is 3.63. The van der Waals surface area contributed by atoms with Crippen molar-refractivity contribution >= 4 is 28.7 Å². The molecular weight excluding hydrogens is 482 g/mol. The Morgan fingerprint density at radius 1 is 1.08 bits per heavy atom. The number of carbonyl (C=O) groups is 1. The topological polar surface area (TPSA) is 114 Å². The van der Waals surface area contributed by atoms with Crippen LogP contribution in [0.4, 0.5) is 11.8 Å². The van der Waals surface area contributed by atoms with E-state index in [-0.39, 0.29) is 11.3 Å². The summed E-state index contributed by atoms with van der Waals surface area (Å²) in [7, 11) is 7.79. The molecule has 0 unspecified atom stereocenters. The highest BCUT2D eigenvalue weighted by atomic mass is 16.5. The van der Waals surface area contributed by atoms with Crippen molar-refractivity contribution in [1.29, 1.82) is 0 Å². The number of aromatic nitrogens is 6. The van der Waals surface area contributed by atoms with E-state index in [2.05, 4.69) is 56.0 Å². The predicted octanol–water partition coefficient (Wildman–Crippen LogP) is 3.80. The van der Waals surface area contributed by atoms with E-state index in [1.807, 2.05) is 52.1 Å². The van der Waals surface area contributed by atoms with E-state index < -0.39 is 0 Å². The third-order valence-corrected chi connectivity index (χ3v) is 6.10. The molecule has 1 amide bonds. The minimum Gasteiger partial charge on any atom is -0.437 e. The number of hydrogen-bond acceptors (Lipinski definition) is 9. The number of ether oxygens (including phenoxy) is 1. The molecule has 0 aliphatic carbocycles. The van der Waals surface area contributed by atoms with Crippen molar-refractivity contribution < 1.29 is 9.53 Å². The number of likely N-dealkylation sites (N-methyl/N-ethyl adjacent to an activating group) is 2. The second-order valence-electron chi connectivity index (χ2n) is 10.6. The normalized spacial score (nSPS) is 11.7. The molecule has 11 heteroatoms. The summed E-state index contributed by atoms with van der Waals surface area (Å²) in [5, 5.41) is 7.48. The van der Waals surface area contributed by atoms with E-state index in [0.717, 1.165) is 24.3 Å². The van der Waals surface area contributed by atoms with Crippen LogP contribution in [-0.4, -0.2) is 74.8 Å². The van der Waals surface area contributed by atoms with Crippen LogP contribution < -0.4 is 15.0 Å². The maximum absolute atomic E-state index is 13.1. The molecule has 4 rings (SSSR count). The molecule has 0 radical (unpaired) electrons. The largest absolute Gasteiger partial charge is 0.437 e. The number of amides is 1. The summed E-state index contributed by atoms with van der Waals surface area (Å²) in [6.45, 7) is 9.77. The van der Waals surface area contributed by atoms with Gasteiger partial charge in [-0.1, -0.05) is 26.8 Å². The number of hydrogen-bond donors (Lipinski definition) is 1. The lowest BCUT2D eigenvalue weighted by molar-refractivity contribution is 0.102. The lowest BCUT2D eigenvalue weighted by atomic mass is 9.92. The summed E-state index contributed by atoms with van der Waals surface area (Å²) in [4.78, 5) is 34.9. The molecule has 0 atom stereocenters. The van der Waals surface area contributed by atoms with Crippen LogP contribution in [0.25, 0.3) is 11.0 Å². The predicted molar refractivity (Wildman–Crippen MR) is 148 cm³/mol. The van der Waals surface area contributed by atoms with Gasteiger partial charge in [0.25, 0.3) is 5.91 Å². The molecule has 11 nitrogen and oxygen atoms in total. The summed E-state index contributed by atoms with van der Waals surface area (Å²) in [5.41, 5.74) is 3.12. The van der Waals surface area contributed by atoms with Crippen LogP contribution in [0.3, 0.4) is 0 Å². The van der Waals surface area contributed by atoms with Crippen LogP contribution in [0.5, 0.6) is 11.6 Å². The highest BCUT2D eigenvalue weighted by molar-refractivity contribution is 6.04. The van der Waals surface area contributed by atoms with E-state index in [9.17, 15) is 4.79 Å². The van der Waals surface area contributed by atoms with Gasteiger partial charge in [-0.05, 0) is 38.7 Å². The van der Waals surface area contributed by atoms with Crippen molar-refractivity contribution in [3.05, 3.63) is 53.6 Å².